The molecule has 0 aliphatic carbocycles. The van der Waals surface area contributed by atoms with Gasteiger partial charge in [0, 0.05) is 25.2 Å². The Kier molecular flexibility index (Phi) is 4.73. The fraction of sp³-hybridized carbons (Fsp3) is 0.105. The van der Waals surface area contributed by atoms with Crippen molar-refractivity contribution in [2.45, 2.75) is 6.54 Å². The van der Waals surface area contributed by atoms with Crippen LogP contribution in [0.3, 0.4) is 0 Å². The maximum Gasteiger partial charge on any atom is 0.327 e. The molecule has 3 N–H and O–H groups in total. The van der Waals surface area contributed by atoms with Gasteiger partial charge in [-0.15, -0.1) is 0 Å². The Hall–Kier alpha value is -4.08. The molecule has 0 unspecified atom stereocenters. The van der Waals surface area contributed by atoms with Crippen LogP contribution < -0.4 is 11.0 Å². The minimum absolute atomic E-state index is 0.0179. The van der Waals surface area contributed by atoms with Crippen molar-refractivity contribution >= 4 is 22.6 Å². The lowest BCUT2D eigenvalue weighted by atomic mass is 10.2. The molecule has 9 nitrogen and oxygen atoms in total. The highest BCUT2D eigenvalue weighted by atomic mass is 19.1. The summed E-state index contributed by atoms with van der Waals surface area (Å²) in [5.74, 6) is -0.218. The number of nitrogens with one attached hydrogen (secondary N) is 3. The number of rotatable bonds is 6. The van der Waals surface area contributed by atoms with Gasteiger partial charge in [-0.05, 0) is 12.1 Å². The molecule has 29 heavy (non-hydrogen) atoms. The molecule has 0 saturated carbocycles. The predicted molar refractivity (Wildman–Crippen MR) is 104 cm³/mol. The van der Waals surface area contributed by atoms with Crippen LogP contribution in [0, 0.1) is 11.2 Å². The molecule has 0 aliphatic heterocycles. The van der Waals surface area contributed by atoms with E-state index in [-0.39, 0.29) is 29.6 Å². The molecule has 0 bridgehead atoms. The van der Waals surface area contributed by atoms with Crippen LogP contribution in [0.25, 0.3) is 16.9 Å². The summed E-state index contributed by atoms with van der Waals surface area (Å²) in [5.41, 5.74) is 1.89. The summed E-state index contributed by atoms with van der Waals surface area (Å²) in [4.78, 5) is 22.7. The number of imidazole rings is 1. The van der Waals surface area contributed by atoms with Crippen LogP contribution >= 0.6 is 0 Å². The van der Waals surface area contributed by atoms with Gasteiger partial charge in [0.1, 0.15) is 29.0 Å². The molecule has 146 valence electrons. The van der Waals surface area contributed by atoms with E-state index in [2.05, 4.69) is 25.4 Å². The van der Waals surface area contributed by atoms with Gasteiger partial charge in [-0.2, -0.15) is 0 Å². The van der Waals surface area contributed by atoms with Gasteiger partial charge in [0.15, 0.2) is 11.5 Å². The van der Waals surface area contributed by atoms with E-state index >= 15 is 0 Å². The zero-order valence-corrected chi connectivity index (χ0v) is 15.3. The van der Waals surface area contributed by atoms with Crippen LogP contribution in [-0.2, 0) is 13.6 Å². The molecular formula is C19H16FN7O2. The van der Waals surface area contributed by atoms with Gasteiger partial charge >= 0.3 is 5.69 Å². The summed E-state index contributed by atoms with van der Waals surface area (Å²) in [7, 11) is 1.60. The number of aromatic nitrogens is 5. The van der Waals surface area contributed by atoms with Crippen molar-refractivity contribution in [3.05, 3.63) is 82.3 Å². The average molecular weight is 393 g/mol. The van der Waals surface area contributed by atoms with E-state index < -0.39 is 0 Å². The first-order valence-electron chi connectivity index (χ1n) is 8.63. The summed E-state index contributed by atoms with van der Waals surface area (Å²) in [6.45, 7) is 0.185. The second kappa shape index (κ2) is 7.50. The van der Waals surface area contributed by atoms with E-state index in [1.54, 1.807) is 31.3 Å². The van der Waals surface area contributed by atoms with Gasteiger partial charge in [0.25, 0.3) is 0 Å². The van der Waals surface area contributed by atoms with E-state index in [0.717, 1.165) is 0 Å². The highest BCUT2D eigenvalue weighted by Crippen LogP contribution is 2.14. The molecule has 3 aromatic heterocycles. The number of aromatic amines is 1. The SMILES string of the molecule is Cn1c(=O)[nH]c2nc(C(=N)/C=C(\NCc3ccccc3F)c3ccon3)ncc21. The van der Waals surface area contributed by atoms with E-state index in [4.69, 9.17) is 9.93 Å². The van der Waals surface area contributed by atoms with E-state index in [9.17, 15) is 9.18 Å². The Labute approximate surface area is 163 Å². The van der Waals surface area contributed by atoms with Crippen molar-refractivity contribution < 1.29 is 8.91 Å². The number of fused-ring (bicyclic) bond motifs is 1. The molecule has 0 aliphatic rings. The third-order valence-corrected chi connectivity index (χ3v) is 4.33. The standard InChI is InChI=1S/C19H16FN7O2/c1-27-16-10-23-17(24-18(16)25-19(27)28)13(21)8-15(14-6-7-29-26-14)22-9-11-4-2-3-5-12(11)20/h2-8,10,21-22H,9H2,1H3,(H,23,24,25,28)/b15-8-,21-13?. The number of hydrogen-bond acceptors (Lipinski definition) is 7. The molecule has 0 amide bonds. The lowest BCUT2D eigenvalue weighted by Gasteiger charge is -2.10. The second-order valence-corrected chi connectivity index (χ2v) is 6.22. The normalized spacial score (nSPS) is 11.7. The van der Waals surface area contributed by atoms with Crippen molar-refractivity contribution in [3.63, 3.8) is 0 Å². The Morgan fingerprint density at radius 1 is 1.38 bits per heavy atom. The number of hydrogen-bond donors (Lipinski definition) is 3. The maximum atomic E-state index is 13.9. The number of allylic oxidation sites excluding steroid dienone is 1. The molecule has 4 aromatic rings. The fourth-order valence-electron chi connectivity index (χ4n) is 2.75. The third kappa shape index (κ3) is 3.68. The Bertz CT molecular complexity index is 1270. The zero-order chi connectivity index (χ0) is 20.4. The van der Waals surface area contributed by atoms with Crippen molar-refractivity contribution in [1.82, 2.24) is 30.0 Å². The van der Waals surface area contributed by atoms with Crippen LogP contribution in [0.15, 0.2) is 58.2 Å². The highest BCUT2D eigenvalue weighted by Gasteiger charge is 2.12. The van der Waals surface area contributed by atoms with E-state index in [1.807, 2.05) is 0 Å². The van der Waals surface area contributed by atoms with Crippen LogP contribution in [0.4, 0.5) is 4.39 Å². The molecule has 0 spiro atoms. The molecule has 10 heteroatoms. The van der Waals surface area contributed by atoms with Crippen molar-refractivity contribution in [3.8, 4) is 0 Å². The quantitative estimate of drug-likeness (QED) is 0.430. The van der Waals surface area contributed by atoms with Gasteiger partial charge in [0.05, 0.1) is 11.9 Å². The number of benzene rings is 1. The summed E-state index contributed by atoms with van der Waals surface area (Å²) < 4.78 is 20.2. The van der Waals surface area contributed by atoms with Crippen LogP contribution in [-0.4, -0.2) is 30.4 Å². The first kappa shape index (κ1) is 18.3. The molecule has 0 saturated heterocycles. The average Bonchev–Trinajstić information content (AvgIpc) is 3.34. The molecule has 3 heterocycles. The van der Waals surface area contributed by atoms with Gasteiger partial charge < -0.3 is 9.84 Å². The first-order valence-corrected chi connectivity index (χ1v) is 8.63. The van der Waals surface area contributed by atoms with Gasteiger partial charge in [-0.25, -0.2) is 19.2 Å². The molecule has 0 atom stereocenters. The predicted octanol–water partition coefficient (Wildman–Crippen LogP) is 1.98. The topological polar surface area (TPSA) is 125 Å². The number of halogens is 1. The van der Waals surface area contributed by atoms with Crippen LogP contribution in [0.1, 0.15) is 17.1 Å². The maximum absolute atomic E-state index is 13.9. The Morgan fingerprint density at radius 3 is 2.97 bits per heavy atom. The Balaban J connectivity index is 1.64. The lowest BCUT2D eigenvalue weighted by molar-refractivity contribution is 0.417. The van der Waals surface area contributed by atoms with Crippen molar-refractivity contribution in [2.75, 3.05) is 0 Å². The molecule has 1 aromatic carbocycles. The van der Waals surface area contributed by atoms with Gasteiger partial charge in [0.2, 0.25) is 0 Å². The largest absolute Gasteiger partial charge is 0.379 e. The van der Waals surface area contributed by atoms with Crippen molar-refractivity contribution in [1.29, 1.82) is 5.41 Å². The summed E-state index contributed by atoms with van der Waals surface area (Å²) in [5, 5.41) is 15.3. The van der Waals surface area contributed by atoms with E-state index in [1.165, 1.54) is 29.2 Å². The number of nitrogens with zero attached hydrogens (tertiary/aromatic N) is 4. The number of aryl methyl sites for hydroxylation is 1. The van der Waals surface area contributed by atoms with Crippen LogP contribution in [0.2, 0.25) is 0 Å². The summed E-state index contributed by atoms with van der Waals surface area (Å²) in [6, 6.07) is 8.01. The minimum Gasteiger partial charge on any atom is -0.379 e. The fourth-order valence-corrected chi connectivity index (χ4v) is 2.75. The molecule has 0 radical (unpaired) electrons. The minimum atomic E-state index is -0.337. The summed E-state index contributed by atoms with van der Waals surface area (Å²) in [6.07, 6.45) is 4.34. The Morgan fingerprint density at radius 2 is 2.21 bits per heavy atom. The second-order valence-electron chi connectivity index (χ2n) is 6.22. The number of H-pyrrole nitrogens is 1. The molecule has 4 rings (SSSR count). The van der Waals surface area contributed by atoms with E-state index in [0.29, 0.717) is 28.1 Å². The van der Waals surface area contributed by atoms with Crippen LogP contribution in [0.5, 0.6) is 0 Å². The molecular weight excluding hydrogens is 377 g/mol. The molecule has 0 fully saturated rings. The smallest absolute Gasteiger partial charge is 0.327 e. The lowest BCUT2D eigenvalue weighted by Crippen LogP contribution is -2.15. The van der Waals surface area contributed by atoms with Gasteiger partial charge in [-0.1, -0.05) is 23.4 Å². The van der Waals surface area contributed by atoms with Gasteiger partial charge in [-0.3, -0.25) is 15.0 Å². The zero-order valence-electron chi connectivity index (χ0n) is 15.3. The first-order chi connectivity index (χ1) is 14.0. The third-order valence-electron chi connectivity index (χ3n) is 4.33. The monoisotopic (exact) mass is 393 g/mol. The summed E-state index contributed by atoms with van der Waals surface area (Å²) >= 11 is 0. The van der Waals surface area contributed by atoms with Crippen molar-refractivity contribution in [2.24, 2.45) is 7.05 Å². The highest BCUT2D eigenvalue weighted by molar-refractivity contribution is 6.08.